The topological polar surface area (TPSA) is 67.6 Å². The summed E-state index contributed by atoms with van der Waals surface area (Å²) in [6, 6.07) is 1.99. The van der Waals surface area contributed by atoms with Crippen LogP contribution in [0, 0.1) is 6.92 Å². The van der Waals surface area contributed by atoms with Crippen molar-refractivity contribution in [1.29, 1.82) is 0 Å². The van der Waals surface area contributed by atoms with Crippen LogP contribution in [0.4, 0.5) is 5.82 Å². The van der Waals surface area contributed by atoms with E-state index in [4.69, 9.17) is 4.74 Å². The number of aryl methyl sites for hydroxylation is 1. The monoisotopic (exact) mass is 290 g/mol. The van der Waals surface area contributed by atoms with E-state index in [1.807, 2.05) is 13.0 Å². The van der Waals surface area contributed by atoms with Crippen LogP contribution in [0.15, 0.2) is 12.4 Å². The molecule has 0 saturated carbocycles. The molecule has 2 atom stereocenters. The minimum atomic E-state index is 0.305. The highest BCUT2D eigenvalue weighted by Crippen LogP contribution is 2.12. The lowest BCUT2D eigenvalue weighted by atomic mass is 10.2. The van der Waals surface area contributed by atoms with Crippen LogP contribution in [-0.4, -0.2) is 62.9 Å². The van der Waals surface area contributed by atoms with Crippen LogP contribution >= 0.6 is 0 Å². The molecule has 0 unspecified atom stereocenters. The number of ether oxygens (including phenoxy) is 1. The maximum Gasteiger partial charge on any atom is 0.254 e. The van der Waals surface area contributed by atoms with E-state index in [1.54, 1.807) is 4.52 Å². The Hall–Kier alpha value is -1.73. The summed E-state index contributed by atoms with van der Waals surface area (Å²) in [4.78, 5) is 10.9. The van der Waals surface area contributed by atoms with E-state index in [1.165, 1.54) is 6.33 Å². The molecule has 1 fully saturated rings. The van der Waals surface area contributed by atoms with Gasteiger partial charge in [0.1, 0.15) is 12.1 Å². The van der Waals surface area contributed by atoms with Gasteiger partial charge in [0.2, 0.25) is 0 Å². The number of hydrogen-bond acceptors (Lipinski definition) is 6. The molecule has 21 heavy (non-hydrogen) atoms. The molecule has 1 saturated heterocycles. The van der Waals surface area contributed by atoms with Gasteiger partial charge in [-0.05, 0) is 20.8 Å². The maximum absolute atomic E-state index is 5.75. The van der Waals surface area contributed by atoms with Crippen LogP contribution in [0.3, 0.4) is 0 Å². The third-order valence-corrected chi connectivity index (χ3v) is 3.61. The first-order valence-electron chi connectivity index (χ1n) is 7.41. The number of hydrogen-bond donors (Lipinski definition) is 1. The second kappa shape index (κ2) is 5.95. The summed E-state index contributed by atoms with van der Waals surface area (Å²) in [5.74, 6) is 1.57. The Morgan fingerprint density at radius 2 is 2.10 bits per heavy atom. The molecular formula is C14H22N6O. The van der Waals surface area contributed by atoms with Crippen molar-refractivity contribution in [2.45, 2.75) is 33.0 Å². The molecule has 2 aromatic rings. The Balaban J connectivity index is 1.60. The first-order chi connectivity index (χ1) is 10.1. The van der Waals surface area contributed by atoms with Crippen LogP contribution < -0.4 is 5.32 Å². The molecule has 0 spiro atoms. The lowest BCUT2D eigenvalue weighted by Crippen LogP contribution is -2.46. The van der Waals surface area contributed by atoms with Gasteiger partial charge in [0.05, 0.1) is 12.2 Å². The van der Waals surface area contributed by atoms with Gasteiger partial charge in [-0.1, -0.05) is 0 Å². The molecule has 0 amide bonds. The van der Waals surface area contributed by atoms with Gasteiger partial charge in [0.25, 0.3) is 5.78 Å². The zero-order valence-corrected chi connectivity index (χ0v) is 12.8. The van der Waals surface area contributed by atoms with Crippen LogP contribution in [0.1, 0.15) is 19.5 Å². The smallest absolute Gasteiger partial charge is 0.254 e. The predicted molar refractivity (Wildman–Crippen MR) is 80.5 cm³/mol. The normalized spacial score (nSPS) is 23.6. The van der Waals surface area contributed by atoms with E-state index in [0.29, 0.717) is 18.0 Å². The highest BCUT2D eigenvalue weighted by molar-refractivity contribution is 5.44. The van der Waals surface area contributed by atoms with Crippen molar-refractivity contribution in [2.75, 3.05) is 31.5 Å². The molecule has 1 N–H and O–H groups in total. The second-order valence-corrected chi connectivity index (χ2v) is 5.70. The SMILES string of the molecule is Cc1cc(NCCN2C[C@@H](C)O[C@H](C)C2)n2ncnc2n1. The lowest BCUT2D eigenvalue weighted by Gasteiger charge is -2.35. The molecule has 0 bridgehead atoms. The van der Waals surface area contributed by atoms with E-state index in [0.717, 1.165) is 37.7 Å². The number of aromatic nitrogens is 4. The lowest BCUT2D eigenvalue weighted by molar-refractivity contribution is -0.0667. The number of anilines is 1. The third kappa shape index (κ3) is 3.30. The zero-order chi connectivity index (χ0) is 14.8. The minimum Gasteiger partial charge on any atom is -0.373 e. The molecule has 1 aliphatic rings. The standard InChI is InChI=1S/C14H22N6O/c1-10-6-13(20-14(18-10)16-9-17-20)15-4-5-19-7-11(2)21-12(3)8-19/h6,9,11-12,15H,4-5,7-8H2,1-3H3/t11-,12-/m1/s1. The van der Waals surface area contributed by atoms with Gasteiger partial charge in [0.15, 0.2) is 0 Å². The zero-order valence-electron chi connectivity index (χ0n) is 12.8. The van der Waals surface area contributed by atoms with E-state index < -0.39 is 0 Å². The highest BCUT2D eigenvalue weighted by Gasteiger charge is 2.21. The third-order valence-electron chi connectivity index (χ3n) is 3.61. The molecule has 2 aromatic heterocycles. The quantitative estimate of drug-likeness (QED) is 0.904. The number of rotatable bonds is 4. The minimum absolute atomic E-state index is 0.305. The van der Waals surface area contributed by atoms with Crippen molar-refractivity contribution >= 4 is 11.6 Å². The first kappa shape index (κ1) is 14.2. The van der Waals surface area contributed by atoms with Gasteiger partial charge in [-0.2, -0.15) is 14.6 Å². The fraction of sp³-hybridized carbons (Fsp3) is 0.643. The van der Waals surface area contributed by atoms with Gasteiger partial charge in [-0.15, -0.1) is 0 Å². The summed E-state index contributed by atoms with van der Waals surface area (Å²) in [6.45, 7) is 10.0. The van der Waals surface area contributed by atoms with Crippen LogP contribution in [0.5, 0.6) is 0 Å². The summed E-state index contributed by atoms with van der Waals surface area (Å²) in [5, 5.41) is 7.63. The Bertz CT molecular complexity index is 603. The highest BCUT2D eigenvalue weighted by atomic mass is 16.5. The largest absolute Gasteiger partial charge is 0.373 e. The molecule has 7 heteroatoms. The van der Waals surface area contributed by atoms with Crippen molar-refractivity contribution in [3.8, 4) is 0 Å². The van der Waals surface area contributed by atoms with E-state index in [2.05, 4.69) is 39.1 Å². The van der Waals surface area contributed by atoms with Crippen LogP contribution in [0.25, 0.3) is 5.78 Å². The molecular weight excluding hydrogens is 268 g/mol. The Kier molecular flexibility index (Phi) is 4.03. The van der Waals surface area contributed by atoms with Gasteiger partial charge >= 0.3 is 0 Å². The molecule has 3 rings (SSSR count). The number of nitrogens with zero attached hydrogens (tertiary/aromatic N) is 5. The summed E-state index contributed by atoms with van der Waals surface area (Å²) in [7, 11) is 0. The summed E-state index contributed by atoms with van der Waals surface area (Å²) in [6.07, 6.45) is 2.14. The van der Waals surface area contributed by atoms with Gasteiger partial charge in [-0.3, -0.25) is 4.90 Å². The van der Waals surface area contributed by atoms with E-state index in [-0.39, 0.29) is 0 Å². The average Bonchev–Trinajstić information content (AvgIpc) is 2.85. The average molecular weight is 290 g/mol. The number of fused-ring (bicyclic) bond motifs is 1. The fourth-order valence-electron chi connectivity index (χ4n) is 2.87. The van der Waals surface area contributed by atoms with Gasteiger partial charge < -0.3 is 10.1 Å². The van der Waals surface area contributed by atoms with Crippen LogP contribution in [-0.2, 0) is 4.74 Å². The first-order valence-corrected chi connectivity index (χ1v) is 7.41. The number of nitrogens with one attached hydrogen (secondary N) is 1. The van der Waals surface area contributed by atoms with Crippen molar-refractivity contribution in [3.05, 3.63) is 18.1 Å². The summed E-state index contributed by atoms with van der Waals surface area (Å²) in [5.41, 5.74) is 0.937. The summed E-state index contributed by atoms with van der Waals surface area (Å²) >= 11 is 0. The van der Waals surface area contributed by atoms with Crippen molar-refractivity contribution in [3.63, 3.8) is 0 Å². The van der Waals surface area contributed by atoms with Crippen molar-refractivity contribution in [2.24, 2.45) is 0 Å². The molecule has 0 aliphatic carbocycles. The maximum atomic E-state index is 5.75. The van der Waals surface area contributed by atoms with Gasteiger partial charge in [-0.25, -0.2) is 4.98 Å². The molecule has 0 radical (unpaired) electrons. The van der Waals surface area contributed by atoms with E-state index in [9.17, 15) is 0 Å². The van der Waals surface area contributed by atoms with Crippen molar-refractivity contribution in [1.82, 2.24) is 24.5 Å². The number of morpholine rings is 1. The molecule has 1 aliphatic heterocycles. The van der Waals surface area contributed by atoms with Gasteiger partial charge in [0, 0.05) is 37.9 Å². The molecule has 114 valence electrons. The Morgan fingerprint density at radius 3 is 2.86 bits per heavy atom. The van der Waals surface area contributed by atoms with Crippen LogP contribution in [0.2, 0.25) is 0 Å². The molecule has 0 aromatic carbocycles. The molecule has 3 heterocycles. The van der Waals surface area contributed by atoms with E-state index >= 15 is 0 Å². The fourth-order valence-corrected chi connectivity index (χ4v) is 2.87. The molecule has 7 nitrogen and oxygen atoms in total. The Morgan fingerprint density at radius 1 is 1.33 bits per heavy atom. The second-order valence-electron chi connectivity index (χ2n) is 5.70. The Labute approximate surface area is 124 Å². The predicted octanol–water partition coefficient (Wildman–Crippen LogP) is 0.954. The van der Waals surface area contributed by atoms with Crippen molar-refractivity contribution < 1.29 is 4.74 Å². The summed E-state index contributed by atoms with van der Waals surface area (Å²) < 4.78 is 7.48.